The van der Waals surface area contributed by atoms with E-state index in [0.717, 1.165) is 5.57 Å². The number of ether oxygens (including phenoxy) is 4. The lowest BCUT2D eigenvalue weighted by atomic mass is 9.82. The molecule has 2 heterocycles. The molecule has 0 N–H and O–H groups in total. The predicted molar refractivity (Wildman–Crippen MR) is 104 cm³/mol. The number of hydrogen-bond donors (Lipinski definition) is 0. The van der Waals surface area contributed by atoms with Crippen LogP contribution in [-0.2, 0) is 33.3 Å². The highest BCUT2D eigenvalue weighted by atomic mass is 16.6. The topological polar surface area (TPSA) is 91.4 Å². The van der Waals surface area contributed by atoms with Gasteiger partial charge in [-0.15, -0.1) is 0 Å². The second-order valence-electron chi connectivity index (χ2n) is 8.20. The standard InChI is InChI=1S/C22H28O7/c1-7-11(2)20(24)28-17-10-22(6)18(29-22)9-15(26-14(5)23)12(3)8-16-19(17)13(4)21(25)27-16/h7-8,15-19H,4,9-10H2,1-3,5-6H3/b11-7+,12-8-/t15-,16+,17+,18+,19-,22+/m0/s1. The van der Waals surface area contributed by atoms with E-state index in [1.807, 2.05) is 13.8 Å². The molecule has 6 atom stereocenters. The first-order chi connectivity index (χ1) is 13.6. The Kier molecular flexibility index (Phi) is 5.72. The van der Waals surface area contributed by atoms with E-state index in [1.165, 1.54) is 6.92 Å². The number of rotatable bonds is 3. The van der Waals surface area contributed by atoms with Crippen molar-refractivity contribution < 1.29 is 33.3 Å². The molecule has 7 nitrogen and oxygen atoms in total. The Morgan fingerprint density at radius 2 is 2.00 bits per heavy atom. The summed E-state index contributed by atoms with van der Waals surface area (Å²) in [7, 11) is 0. The summed E-state index contributed by atoms with van der Waals surface area (Å²) >= 11 is 0. The molecule has 7 heteroatoms. The molecule has 158 valence electrons. The number of carbonyl (C=O) groups excluding carboxylic acids is 3. The van der Waals surface area contributed by atoms with E-state index in [9.17, 15) is 14.4 Å². The van der Waals surface area contributed by atoms with Crippen LogP contribution >= 0.6 is 0 Å². The lowest BCUT2D eigenvalue weighted by molar-refractivity contribution is -0.149. The van der Waals surface area contributed by atoms with Crippen molar-refractivity contribution in [2.75, 3.05) is 0 Å². The summed E-state index contributed by atoms with van der Waals surface area (Å²) in [5.41, 5.74) is 0.948. The lowest BCUT2D eigenvalue weighted by Gasteiger charge is -2.29. The molecule has 1 aliphatic carbocycles. The summed E-state index contributed by atoms with van der Waals surface area (Å²) in [5, 5.41) is 0. The van der Waals surface area contributed by atoms with Gasteiger partial charge in [-0.3, -0.25) is 4.79 Å². The van der Waals surface area contributed by atoms with Crippen LogP contribution in [0.5, 0.6) is 0 Å². The van der Waals surface area contributed by atoms with Crippen LogP contribution in [0.2, 0.25) is 0 Å². The van der Waals surface area contributed by atoms with Crippen LogP contribution in [0.15, 0.2) is 35.5 Å². The molecule has 0 saturated carbocycles. The van der Waals surface area contributed by atoms with Crippen molar-refractivity contribution >= 4 is 17.9 Å². The van der Waals surface area contributed by atoms with Crippen molar-refractivity contribution in [1.29, 1.82) is 0 Å². The van der Waals surface area contributed by atoms with E-state index < -0.39 is 41.8 Å². The number of fused-ring (bicyclic) bond motifs is 2. The first kappa shape index (κ1) is 21.3. The van der Waals surface area contributed by atoms with E-state index in [2.05, 4.69) is 6.58 Å². The van der Waals surface area contributed by atoms with E-state index in [-0.39, 0.29) is 17.6 Å². The highest BCUT2D eigenvalue weighted by molar-refractivity contribution is 5.92. The monoisotopic (exact) mass is 404 g/mol. The van der Waals surface area contributed by atoms with Gasteiger partial charge in [0.2, 0.25) is 0 Å². The molecule has 3 aliphatic rings. The molecule has 0 bridgehead atoms. The Hall–Kier alpha value is -2.41. The van der Waals surface area contributed by atoms with Crippen LogP contribution in [0.3, 0.4) is 0 Å². The maximum absolute atomic E-state index is 12.5. The molecule has 2 fully saturated rings. The Balaban J connectivity index is 1.99. The fourth-order valence-electron chi connectivity index (χ4n) is 4.03. The van der Waals surface area contributed by atoms with E-state index in [4.69, 9.17) is 18.9 Å². The third-order valence-electron chi connectivity index (χ3n) is 5.99. The molecule has 0 unspecified atom stereocenters. The maximum atomic E-state index is 12.5. The van der Waals surface area contributed by atoms with Gasteiger partial charge in [0, 0.05) is 30.9 Å². The molecule has 0 aromatic rings. The van der Waals surface area contributed by atoms with Crippen molar-refractivity contribution in [1.82, 2.24) is 0 Å². The summed E-state index contributed by atoms with van der Waals surface area (Å²) in [6, 6.07) is 0. The average Bonchev–Trinajstić information content (AvgIpc) is 3.17. The highest BCUT2D eigenvalue weighted by Gasteiger charge is 2.58. The third kappa shape index (κ3) is 4.29. The highest BCUT2D eigenvalue weighted by Crippen LogP contribution is 2.48. The number of carbonyl (C=O) groups is 3. The summed E-state index contributed by atoms with van der Waals surface area (Å²) in [6.07, 6.45) is 2.40. The van der Waals surface area contributed by atoms with Crippen molar-refractivity contribution in [2.45, 2.75) is 77.5 Å². The number of allylic oxidation sites excluding steroid dienone is 1. The van der Waals surface area contributed by atoms with Crippen LogP contribution < -0.4 is 0 Å². The third-order valence-corrected chi connectivity index (χ3v) is 5.99. The molecule has 0 aromatic heterocycles. The maximum Gasteiger partial charge on any atom is 0.334 e. The minimum atomic E-state index is -0.657. The van der Waals surface area contributed by atoms with Crippen LogP contribution in [0.4, 0.5) is 0 Å². The largest absolute Gasteiger partial charge is 0.458 e. The Labute approximate surface area is 170 Å². The molecule has 0 aromatic carbocycles. The van der Waals surface area contributed by atoms with Gasteiger partial charge in [0.15, 0.2) is 0 Å². The van der Waals surface area contributed by atoms with Gasteiger partial charge in [-0.2, -0.15) is 0 Å². The molecule has 3 rings (SSSR count). The van der Waals surface area contributed by atoms with Gasteiger partial charge in [-0.05, 0) is 39.3 Å². The number of esters is 3. The number of epoxide rings is 1. The summed E-state index contributed by atoms with van der Waals surface area (Å²) in [5.74, 6) is -1.89. The van der Waals surface area contributed by atoms with Crippen molar-refractivity contribution in [3.8, 4) is 0 Å². The van der Waals surface area contributed by atoms with Crippen LogP contribution in [-0.4, -0.2) is 47.9 Å². The predicted octanol–water partition coefficient (Wildman–Crippen LogP) is 2.79. The van der Waals surface area contributed by atoms with Gasteiger partial charge in [0.1, 0.15) is 18.3 Å². The van der Waals surface area contributed by atoms with Gasteiger partial charge in [-0.1, -0.05) is 12.7 Å². The summed E-state index contributed by atoms with van der Waals surface area (Å²) in [6.45, 7) is 12.4. The van der Waals surface area contributed by atoms with Crippen LogP contribution in [0, 0.1) is 5.92 Å². The Bertz CT molecular complexity index is 808. The first-order valence-electron chi connectivity index (χ1n) is 9.82. The van der Waals surface area contributed by atoms with E-state index >= 15 is 0 Å². The first-order valence-corrected chi connectivity index (χ1v) is 9.82. The fraction of sp³-hybridized carbons (Fsp3) is 0.591. The van der Waals surface area contributed by atoms with Crippen molar-refractivity contribution in [3.05, 3.63) is 35.5 Å². The van der Waals surface area contributed by atoms with Gasteiger partial charge >= 0.3 is 17.9 Å². The van der Waals surface area contributed by atoms with Crippen molar-refractivity contribution in [3.63, 3.8) is 0 Å². The SMILES string of the molecule is C=C1C(=O)O[C@@H]2/C=C(/C)[C@@H](OC(C)=O)C[C@H]3O[C@]3(C)C[C@@H](OC(=O)/C(C)=C/C)[C@@H]12. The molecule has 0 spiro atoms. The smallest absolute Gasteiger partial charge is 0.334 e. The van der Waals surface area contributed by atoms with Gasteiger partial charge in [0.05, 0.1) is 17.6 Å². The Morgan fingerprint density at radius 1 is 1.31 bits per heavy atom. The van der Waals surface area contributed by atoms with Crippen LogP contribution in [0.1, 0.15) is 47.5 Å². The fourth-order valence-corrected chi connectivity index (χ4v) is 4.03. The minimum Gasteiger partial charge on any atom is -0.458 e. The summed E-state index contributed by atoms with van der Waals surface area (Å²) in [4.78, 5) is 36.3. The van der Waals surface area contributed by atoms with Gasteiger partial charge in [0.25, 0.3) is 0 Å². The molecule has 0 radical (unpaired) electrons. The van der Waals surface area contributed by atoms with Crippen LogP contribution in [0.25, 0.3) is 0 Å². The molecule has 2 saturated heterocycles. The zero-order valence-corrected chi connectivity index (χ0v) is 17.5. The molecule has 0 amide bonds. The van der Waals surface area contributed by atoms with E-state index in [0.29, 0.717) is 18.4 Å². The molecule has 29 heavy (non-hydrogen) atoms. The number of hydrogen-bond acceptors (Lipinski definition) is 7. The molecule has 2 aliphatic heterocycles. The second kappa shape index (κ2) is 7.78. The Morgan fingerprint density at radius 3 is 2.62 bits per heavy atom. The quantitative estimate of drug-likeness (QED) is 0.235. The second-order valence-corrected chi connectivity index (χ2v) is 8.20. The molecular formula is C22H28O7. The molecular weight excluding hydrogens is 376 g/mol. The zero-order valence-electron chi connectivity index (χ0n) is 17.5. The zero-order chi connectivity index (χ0) is 21.5. The lowest BCUT2D eigenvalue weighted by Crippen LogP contribution is -2.38. The minimum absolute atomic E-state index is 0.151. The van der Waals surface area contributed by atoms with Gasteiger partial charge < -0.3 is 18.9 Å². The van der Waals surface area contributed by atoms with Crippen molar-refractivity contribution in [2.24, 2.45) is 5.92 Å². The van der Waals surface area contributed by atoms with Gasteiger partial charge in [-0.25, -0.2) is 9.59 Å². The summed E-state index contributed by atoms with van der Waals surface area (Å²) < 4.78 is 22.7. The normalized spacial score (nSPS) is 38.7. The average molecular weight is 404 g/mol. The van der Waals surface area contributed by atoms with E-state index in [1.54, 1.807) is 26.0 Å².